The van der Waals surface area contributed by atoms with Crippen molar-refractivity contribution in [2.45, 2.75) is 13.0 Å². The molecule has 4 heteroatoms. The number of carbonyl (C=O) groups is 1. The van der Waals surface area contributed by atoms with Crippen LogP contribution in [0.4, 0.5) is 5.69 Å². The number of ether oxygens (including phenoxy) is 1. The van der Waals surface area contributed by atoms with Crippen LogP contribution in [-0.4, -0.2) is 38.1 Å². The molecular weight excluding hydrogens is 288 g/mol. The van der Waals surface area contributed by atoms with Gasteiger partial charge in [0.15, 0.2) is 0 Å². The number of fused-ring (bicyclic) bond motifs is 1. The molecule has 0 atom stereocenters. The molecule has 23 heavy (non-hydrogen) atoms. The summed E-state index contributed by atoms with van der Waals surface area (Å²) in [7, 11) is 3.64. The number of methoxy groups -OCH3 is 1. The van der Waals surface area contributed by atoms with E-state index in [-0.39, 0.29) is 5.91 Å². The molecule has 1 heterocycles. The summed E-state index contributed by atoms with van der Waals surface area (Å²) in [5, 5.41) is 0. The van der Waals surface area contributed by atoms with Crippen molar-refractivity contribution in [3.05, 3.63) is 59.7 Å². The van der Waals surface area contributed by atoms with Gasteiger partial charge in [-0.15, -0.1) is 0 Å². The first-order valence-electron chi connectivity index (χ1n) is 7.87. The summed E-state index contributed by atoms with van der Waals surface area (Å²) < 4.78 is 5.24. The van der Waals surface area contributed by atoms with Crippen molar-refractivity contribution in [2.24, 2.45) is 0 Å². The zero-order valence-electron chi connectivity index (χ0n) is 13.7. The largest absolute Gasteiger partial charge is 0.497 e. The van der Waals surface area contributed by atoms with Crippen molar-refractivity contribution in [3.8, 4) is 5.75 Å². The molecular formula is C19H22N2O2. The highest BCUT2D eigenvalue weighted by molar-refractivity contribution is 5.96. The van der Waals surface area contributed by atoms with Gasteiger partial charge in [0.2, 0.25) is 5.91 Å². The van der Waals surface area contributed by atoms with Crippen LogP contribution in [0.3, 0.4) is 0 Å². The molecule has 120 valence electrons. The molecule has 2 aromatic rings. The molecule has 3 rings (SSSR count). The Morgan fingerprint density at radius 3 is 2.87 bits per heavy atom. The van der Waals surface area contributed by atoms with Crippen molar-refractivity contribution >= 4 is 11.6 Å². The van der Waals surface area contributed by atoms with Crippen molar-refractivity contribution in [2.75, 3.05) is 32.1 Å². The van der Waals surface area contributed by atoms with Crippen LogP contribution < -0.4 is 9.64 Å². The number of likely N-dealkylation sites (N-methyl/N-ethyl adjacent to an activating group) is 1. The highest BCUT2D eigenvalue weighted by atomic mass is 16.5. The number of anilines is 1. The average molecular weight is 310 g/mol. The van der Waals surface area contributed by atoms with Crippen molar-refractivity contribution < 1.29 is 9.53 Å². The molecule has 0 saturated heterocycles. The Labute approximate surface area is 137 Å². The molecule has 1 amide bonds. The number of hydrogen-bond acceptors (Lipinski definition) is 3. The van der Waals surface area contributed by atoms with E-state index in [1.165, 1.54) is 5.56 Å². The Kier molecular flexibility index (Phi) is 4.63. The SMILES string of the molecule is COc1cccc(CN(C)CC(=O)N2CCc3ccccc32)c1. The fraction of sp³-hybridized carbons (Fsp3) is 0.316. The molecule has 0 fully saturated rings. The molecule has 0 spiro atoms. The first-order chi connectivity index (χ1) is 11.2. The Bertz CT molecular complexity index is 699. The first kappa shape index (κ1) is 15.6. The third-order valence-corrected chi connectivity index (χ3v) is 4.18. The van der Waals surface area contributed by atoms with Crippen molar-refractivity contribution in [1.29, 1.82) is 0 Å². The summed E-state index contributed by atoms with van der Waals surface area (Å²) in [4.78, 5) is 16.5. The predicted octanol–water partition coefficient (Wildman–Crippen LogP) is 2.72. The van der Waals surface area contributed by atoms with E-state index in [0.717, 1.165) is 36.5 Å². The lowest BCUT2D eigenvalue weighted by molar-refractivity contribution is -0.119. The molecule has 1 aliphatic heterocycles. The normalized spacial score (nSPS) is 13.3. The molecule has 4 nitrogen and oxygen atoms in total. The molecule has 0 aliphatic carbocycles. The fourth-order valence-corrected chi connectivity index (χ4v) is 3.05. The van der Waals surface area contributed by atoms with Gasteiger partial charge in [0.1, 0.15) is 5.75 Å². The first-order valence-corrected chi connectivity index (χ1v) is 7.87. The van der Waals surface area contributed by atoms with Crippen molar-refractivity contribution in [1.82, 2.24) is 4.90 Å². The van der Waals surface area contributed by atoms with Gasteiger partial charge in [-0.2, -0.15) is 0 Å². The monoisotopic (exact) mass is 310 g/mol. The van der Waals surface area contributed by atoms with Crippen LogP contribution in [0.25, 0.3) is 0 Å². The maximum Gasteiger partial charge on any atom is 0.241 e. The van der Waals surface area contributed by atoms with Crippen LogP contribution >= 0.6 is 0 Å². The van der Waals surface area contributed by atoms with Gasteiger partial charge in [0, 0.05) is 18.8 Å². The lowest BCUT2D eigenvalue weighted by Gasteiger charge is -2.22. The van der Waals surface area contributed by atoms with E-state index in [2.05, 4.69) is 12.1 Å². The Balaban J connectivity index is 1.62. The number of benzene rings is 2. The Morgan fingerprint density at radius 1 is 1.22 bits per heavy atom. The summed E-state index contributed by atoms with van der Waals surface area (Å²) in [6.07, 6.45) is 0.946. The zero-order chi connectivity index (χ0) is 16.2. The van der Waals surface area contributed by atoms with Crippen LogP contribution in [0.15, 0.2) is 48.5 Å². The maximum atomic E-state index is 12.6. The van der Waals surface area contributed by atoms with Crippen LogP contribution in [0.1, 0.15) is 11.1 Å². The molecule has 1 aliphatic rings. The van der Waals surface area contributed by atoms with E-state index in [0.29, 0.717) is 6.54 Å². The standard InChI is InChI=1S/C19H22N2O2/c1-20(13-15-6-5-8-17(12-15)23-2)14-19(22)21-11-10-16-7-3-4-9-18(16)21/h3-9,12H,10-11,13-14H2,1-2H3. The summed E-state index contributed by atoms with van der Waals surface area (Å²) >= 11 is 0. The minimum atomic E-state index is 0.153. The number of para-hydroxylation sites is 1. The second kappa shape index (κ2) is 6.84. The Hall–Kier alpha value is -2.33. The van der Waals surface area contributed by atoms with Gasteiger partial charge in [-0.05, 0) is 42.8 Å². The second-order valence-corrected chi connectivity index (χ2v) is 5.95. The molecule has 0 bridgehead atoms. The number of nitrogens with zero attached hydrogens (tertiary/aromatic N) is 2. The predicted molar refractivity (Wildman–Crippen MR) is 91.8 cm³/mol. The molecule has 0 N–H and O–H groups in total. The van der Waals surface area contributed by atoms with Crippen LogP contribution in [-0.2, 0) is 17.8 Å². The molecule has 0 saturated carbocycles. The van der Waals surface area contributed by atoms with Gasteiger partial charge in [-0.3, -0.25) is 9.69 Å². The van der Waals surface area contributed by atoms with Crippen molar-refractivity contribution in [3.63, 3.8) is 0 Å². The lowest BCUT2D eigenvalue weighted by atomic mass is 10.2. The maximum absolute atomic E-state index is 12.6. The van der Waals surface area contributed by atoms with E-state index in [4.69, 9.17) is 4.74 Å². The Morgan fingerprint density at radius 2 is 2.04 bits per heavy atom. The van der Waals surface area contributed by atoms with Gasteiger partial charge >= 0.3 is 0 Å². The zero-order valence-corrected chi connectivity index (χ0v) is 13.7. The van der Waals surface area contributed by atoms with Crippen LogP contribution in [0.5, 0.6) is 5.75 Å². The van der Waals surface area contributed by atoms with E-state index in [1.54, 1.807) is 7.11 Å². The average Bonchev–Trinajstić information content (AvgIpc) is 2.99. The van der Waals surface area contributed by atoms with Crippen LogP contribution in [0, 0.1) is 0 Å². The highest BCUT2D eigenvalue weighted by Crippen LogP contribution is 2.27. The van der Waals surface area contributed by atoms with Crippen LogP contribution in [0.2, 0.25) is 0 Å². The third kappa shape index (κ3) is 3.54. The van der Waals surface area contributed by atoms with E-state index in [1.807, 2.05) is 53.2 Å². The van der Waals surface area contributed by atoms with Gasteiger partial charge < -0.3 is 9.64 Å². The highest BCUT2D eigenvalue weighted by Gasteiger charge is 2.24. The quantitative estimate of drug-likeness (QED) is 0.851. The van der Waals surface area contributed by atoms with E-state index >= 15 is 0 Å². The van der Waals surface area contributed by atoms with E-state index in [9.17, 15) is 4.79 Å². The number of carbonyl (C=O) groups excluding carboxylic acids is 1. The molecule has 0 radical (unpaired) electrons. The van der Waals surface area contributed by atoms with E-state index < -0.39 is 0 Å². The number of rotatable bonds is 5. The number of hydrogen-bond donors (Lipinski definition) is 0. The second-order valence-electron chi connectivity index (χ2n) is 5.95. The topological polar surface area (TPSA) is 32.8 Å². The summed E-state index contributed by atoms with van der Waals surface area (Å²) in [5.74, 6) is 0.996. The molecule has 2 aromatic carbocycles. The van der Waals surface area contributed by atoms with Gasteiger partial charge in [0.25, 0.3) is 0 Å². The molecule has 0 unspecified atom stereocenters. The summed E-state index contributed by atoms with van der Waals surface area (Å²) in [6, 6.07) is 16.1. The number of amides is 1. The smallest absolute Gasteiger partial charge is 0.241 e. The lowest BCUT2D eigenvalue weighted by Crippen LogP contribution is -2.37. The van der Waals surface area contributed by atoms with Gasteiger partial charge in [-0.25, -0.2) is 0 Å². The van der Waals surface area contributed by atoms with Gasteiger partial charge in [-0.1, -0.05) is 30.3 Å². The summed E-state index contributed by atoms with van der Waals surface area (Å²) in [5.41, 5.74) is 3.46. The van der Waals surface area contributed by atoms with Gasteiger partial charge in [0.05, 0.1) is 13.7 Å². The summed E-state index contributed by atoms with van der Waals surface area (Å²) in [6.45, 7) is 1.91. The third-order valence-electron chi connectivity index (χ3n) is 4.18. The minimum Gasteiger partial charge on any atom is -0.497 e. The minimum absolute atomic E-state index is 0.153. The fourth-order valence-electron chi connectivity index (χ4n) is 3.05. The molecule has 0 aromatic heterocycles.